The predicted octanol–water partition coefficient (Wildman–Crippen LogP) is 4.00. The van der Waals surface area contributed by atoms with Crippen LogP contribution in [0.2, 0.25) is 0 Å². The zero-order valence-corrected chi connectivity index (χ0v) is 16.9. The first kappa shape index (κ1) is 18.8. The lowest BCUT2D eigenvalue weighted by Gasteiger charge is -2.10. The Morgan fingerprint density at radius 2 is 1.84 bits per heavy atom. The molecule has 2 aromatic heterocycles. The molecule has 3 heterocycles. The number of amides is 1. The first-order valence-electron chi connectivity index (χ1n) is 10.2. The molecule has 0 saturated heterocycles. The number of pyridine rings is 1. The van der Waals surface area contributed by atoms with E-state index in [1.54, 1.807) is 11.1 Å². The Kier molecular flexibility index (Phi) is 5.04. The van der Waals surface area contributed by atoms with Gasteiger partial charge in [-0.1, -0.05) is 42.2 Å². The molecule has 5 heteroatoms. The molecule has 0 saturated carbocycles. The van der Waals surface area contributed by atoms with E-state index >= 15 is 0 Å². The quantitative estimate of drug-likeness (QED) is 0.483. The second kappa shape index (κ2) is 8.29. The molecule has 150 valence electrons. The van der Waals surface area contributed by atoms with Gasteiger partial charge in [-0.2, -0.15) is 5.10 Å². The number of hydrogen-bond donors (Lipinski definition) is 0. The molecule has 0 fully saturated rings. The maximum absolute atomic E-state index is 12.7. The standard InChI is InChI=1S/C26H20N4O/c31-26-25-12-11-21(23-16-28-30(18-23)19-24-10-4-5-13-27-24)15-22(25)17-29(26)14-6-9-20-7-2-1-3-8-20/h1-5,7-8,10-13,15-16,18H,14,17,19H2. The van der Waals surface area contributed by atoms with Crippen molar-refractivity contribution in [3.63, 3.8) is 0 Å². The van der Waals surface area contributed by atoms with E-state index in [4.69, 9.17) is 0 Å². The van der Waals surface area contributed by atoms with Crippen LogP contribution in [0.5, 0.6) is 0 Å². The van der Waals surface area contributed by atoms with Crippen molar-refractivity contribution in [1.82, 2.24) is 19.7 Å². The van der Waals surface area contributed by atoms with E-state index in [9.17, 15) is 4.79 Å². The molecule has 2 aromatic carbocycles. The average molecular weight is 404 g/mol. The minimum absolute atomic E-state index is 0.0368. The van der Waals surface area contributed by atoms with Gasteiger partial charge in [0.1, 0.15) is 0 Å². The first-order valence-corrected chi connectivity index (χ1v) is 10.2. The summed E-state index contributed by atoms with van der Waals surface area (Å²) in [5.41, 5.74) is 5.78. The first-order chi connectivity index (χ1) is 15.3. The molecule has 1 aliphatic rings. The third-order valence-corrected chi connectivity index (χ3v) is 5.28. The molecule has 5 rings (SSSR count). The molecule has 0 aliphatic carbocycles. The van der Waals surface area contributed by atoms with Crippen LogP contribution in [0.15, 0.2) is 85.3 Å². The van der Waals surface area contributed by atoms with Gasteiger partial charge in [0.2, 0.25) is 0 Å². The molecule has 5 nitrogen and oxygen atoms in total. The summed E-state index contributed by atoms with van der Waals surface area (Å²) in [5, 5.41) is 4.46. The summed E-state index contributed by atoms with van der Waals surface area (Å²) < 4.78 is 1.88. The van der Waals surface area contributed by atoms with Crippen LogP contribution in [-0.2, 0) is 13.1 Å². The number of hydrogen-bond acceptors (Lipinski definition) is 3. The fourth-order valence-electron chi connectivity index (χ4n) is 3.70. The highest BCUT2D eigenvalue weighted by atomic mass is 16.2. The van der Waals surface area contributed by atoms with Crippen molar-refractivity contribution in [2.24, 2.45) is 0 Å². The molecule has 0 unspecified atom stereocenters. The Balaban J connectivity index is 1.30. The van der Waals surface area contributed by atoms with Crippen molar-refractivity contribution in [3.05, 3.63) is 108 Å². The smallest absolute Gasteiger partial charge is 0.255 e. The largest absolute Gasteiger partial charge is 0.323 e. The summed E-state index contributed by atoms with van der Waals surface area (Å²) in [6, 6.07) is 21.7. The zero-order chi connectivity index (χ0) is 21.0. The van der Waals surface area contributed by atoms with Crippen molar-refractivity contribution >= 4 is 5.91 Å². The van der Waals surface area contributed by atoms with Crippen LogP contribution in [0.4, 0.5) is 0 Å². The molecular weight excluding hydrogens is 384 g/mol. The lowest BCUT2D eigenvalue weighted by molar-refractivity contribution is 0.0799. The summed E-state index contributed by atoms with van der Waals surface area (Å²) in [6.45, 7) is 1.62. The van der Waals surface area contributed by atoms with E-state index in [2.05, 4.69) is 28.0 Å². The van der Waals surface area contributed by atoms with Crippen LogP contribution in [0.1, 0.15) is 27.2 Å². The van der Waals surface area contributed by atoms with Gasteiger partial charge in [-0.05, 0) is 47.5 Å². The van der Waals surface area contributed by atoms with Gasteiger partial charge in [0.05, 0.1) is 25.0 Å². The van der Waals surface area contributed by atoms with Gasteiger partial charge >= 0.3 is 0 Å². The Labute approximate surface area is 181 Å². The summed E-state index contributed by atoms with van der Waals surface area (Å²) in [4.78, 5) is 18.9. The SMILES string of the molecule is O=C1c2ccc(-c3cnn(Cc4ccccn4)c3)cc2CN1CC#Cc1ccccc1. The second-order valence-electron chi connectivity index (χ2n) is 7.45. The number of carbonyl (C=O) groups is 1. The monoisotopic (exact) mass is 404 g/mol. The molecule has 0 bridgehead atoms. The zero-order valence-electron chi connectivity index (χ0n) is 16.9. The minimum atomic E-state index is 0.0368. The van der Waals surface area contributed by atoms with Crippen LogP contribution in [0, 0.1) is 11.8 Å². The van der Waals surface area contributed by atoms with E-state index in [-0.39, 0.29) is 5.91 Å². The molecule has 0 radical (unpaired) electrons. The van der Waals surface area contributed by atoms with Gasteiger partial charge in [-0.25, -0.2) is 0 Å². The molecule has 31 heavy (non-hydrogen) atoms. The highest BCUT2D eigenvalue weighted by Gasteiger charge is 2.26. The van der Waals surface area contributed by atoms with Crippen molar-refractivity contribution in [2.45, 2.75) is 13.1 Å². The van der Waals surface area contributed by atoms with Crippen LogP contribution in [0.25, 0.3) is 11.1 Å². The van der Waals surface area contributed by atoms with Gasteiger partial charge in [0.15, 0.2) is 0 Å². The number of nitrogens with zero attached hydrogens (tertiary/aromatic N) is 4. The summed E-state index contributed by atoms with van der Waals surface area (Å²) in [6.07, 6.45) is 5.65. The fraction of sp³-hybridized carbons (Fsp3) is 0.115. The molecule has 0 N–H and O–H groups in total. The van der Waals surface area contributed by atoms with Crippen LogP contribution < -0.4 is 0 Å². The minimum Gasteiger partial charge on any atom is -0.323 e. The summed E-state index contributed by atoms with van der Waals surface area (Å²) in [7, 11) is 0. The van der Waals surface area contributed by atoms with Gasteiger partial charge in [0, 0.05) is 35.6 Å². The maximum atomic E-state index is 12.7. The summed E-state index contributed by atoms with van der Waals surface area (Å²) in [5.74, 6) is 6.27. The Bertz CT molecular complexity index is 1280. The van der Waals surface area contributed by atoms with Gasteiger partial charge in [-0.15, -0.1) is 0 Å². The van der Waals surface area contributed by atoms with Crippen LogP contribution in [-0.4, -0.2) is 32.1 Å². The molecule has 1 amide bonds. The average Bonchev–Trinajstić information content (AvgIpc) is 3.39. The highest BCUT2D eigenvalue weighted by Crippen LogP contribution is 2.28. The van der Waals surface area contributed by atoms with E-state index in [0.717, 1.165) is 33.5 Å². The molecular formula is C26H20N4O. The van der Waals surface area contributed by atoms with Gasteiger partial charge in [-0.3, -0.25) is 14.5 Å². The third kappa shape index (κ3) is 4.10. The molecule has 1 aliphatic heterocycles. The lowest BCUT2D eigenvalue weighted by atomic mass is 10.0. The number of rotatable bonds is 4. The number of benzene rings is 2. The van der Waals surface area contributed by atoms with Crippen molar-refractivity contribution in [2.75, 3.05) is 6.54 Å². The maximum Gasteiger partial charge on any atom is 0.255 e. The van der Waals surface area contributed by atoms with Crippen molar-refractivity contribution in [3.8, 4) is 23.0 Å². The van der Waals surface area contributed by atoms with Crippen molar-refractivity contribution in [1.29, 1.82) is 0 Å². The number of carbonyl (C=O) groups excluding carboxylic acids is 1. The third-order valence-electron chi connectivity index (χ3n) is 5.28. The second-order valence-corrected chi connectivity index (χ2v) is 7.45. The predicted molar refractivity (Wildman–Crippen MR) is 119 cm³/mol. The number of aromatic nitrogens is 3. The normalized spacial score (nSPS) is 12.4. The fourth-order valence-corrected chi connectivity index (χ4v) is 3.70. The van der Waals surface area contributed by atoms with Gasteiger partial charge < -0.3 is 4.90 Å². The molecule has 4 aromatic rings. The Hall–Kier alpha value is -4.17. The lowest BCUT2D eigenvalue weighted by Crippen LogP contribution is -2.24. The Morgan fingerprint density at radius 3 is 2.68 bits per heavy atom. The Morgan fingerprint density at radius 1 is 0.968 bits per heavy atom. The van der Waals surface area contributed by atoms with E-state index in [0.29, 0.717) is 19.6 Å². The van der Waals surface area contributed by atoms with Gasteiger partial charge in [0.25, 0.3) is 5.91 Å². The highest BCUT2D eigenvalue weighted by molar-refractivity contribution is 5.99. The van der Waals surface area contributed by atoms with Crippen LogP contribution >= 0.6 is 0 Å². The molecule has 0 atom stereocenters. The van der Waals surface area contributed by atoms with Crippen molar-refractivity contribution < 1.29 is 4.79 Å². The summed E-state index contributed by atoms with van der Waals surface area (Å²) >= 11 is 0. The topological polar surface area (TPSA) is 51.0 Å². The number of fused-ring (bicyclic) bond motifs is 1. The molecule has 0 spiro atoms. The van der Waals surface area contributed by atoms with Crippen LogP contribution in [0.3, 0.4) is 0 Å². The van der Waals surface area contributed by atoms with E-state index < -0.39 is 0 Å². The van der Waals surface area contributed by atoms with E-state index in [1.165, 1.54) is 0 Å². The van der Waals surface area contributed by atoms with E-state index in [1.807, 2.05) is 77.7 Å².